The van der Waals surface area contributed by atoms with E-state index in [-0.39, 0.29) is 6.10 Å². The second kappa shape index (κ2) is 9.05. The first-order chi connectivity index (χ1) is 11.2. The molecular weight excluding hydrogens is 310 g/mol. The van der Waals surface area contributed by atoms with Crippen LogP contribution in [-0.4, -0.2) is 32.8 Å². The predicted molar refractivity (Wildman–Crippen MR) is 95.6 cm³/mol. The van der Waals surface area contributed by atoms with Gasteiger partial charge in [-0.25, -0.2) is 0 Å². The number of methoxy groups -OCH3 is 1. The highest BCUT2D eigenvalue weighted by Gasteiger charge is 2.09. The van der Waals surface area contributed by atoms with Crippen LogP contribution in [0.3, 0.4) is 0 Å². The maximum absolute atomic E-state index is 5.91. The van der Waals surface area contributed by atoms with Gasteiger partial charge in [0, 0.05) is 11.9 Å². The molecule has 1 unspecified atom stereocenters. The topological polar surface area (TPSA) is 54.9 Å². The Labute approximate surface area is 141 Å². The molecule has 6 heteroatoms. The number of thiophene rings is 1. The van der Waals surface area contributed by atoms with Gasteiger partial charge in [0.25, 0.3) is 0 Å². The lowest BCUT2D eigenvalue weighted by molar-refractivity contribution is 0.213. The van der Waals surface area contributed by atoms with Crippen LogP contribution in [0.5, 0.6) is 11.5 Å². The molecule has 1 aromatic carbocycles. The van der Waals surface area contributed by atoms with Crippen molar-refractivity contribution in [2.24, 2.45) is 4.99 Å². The number of ether oxygens (including phenoxy) is 2. The molecule has 0 aliphatic carbocycles. The SMILES string of the molecule is CN=C(NCc1cccs1)NCC(C)Oc1ccccc1OC. The minimum absolute atomic E-state index is 0.0217. The Morgan fingerprint density at radius 3 is 2.61 bits per heavy atom. The predicted octanol–water partition coefficient (Wildman–Crippen LogP) is 2.89. The molecule has 2 rings (SSSR count). The highest BCUT2D eigenvalue weighted by atomic mass is 32.1. The van der Waals surface area contributed by atoms with Crippen molar-refractivity contribution >= 4 is 17.3 Å². The molecule has 0 spiro atoms. The molecule has 0 radical (unpaired) electrons. The molecule has 2 N–H and O–H groups in total. The van der Waals surface area contributed by atoms with Crippen LogP contribution >= 0.6 is 11.3 Å². The van der Waals surface area contributed by atoms with Crippen LogP contribution in [0, 0.1) is 0 Å². The zero-order chi connectivity index (χ0) is 16.5. The van der Waals surface area contributed by atoms with Crippen molar-refractivity contribution < 1.29 is 9.47 Å². The van der Waals surface area contributed by atoms with Gasteiger partial charge in [0.1, 0.15) is 6.10 Å². The Kier molecular flexibility index (Phi) is 6.75. The van der Waals surface area contributed by atoms with Crippen molar-refractivity contribution in [3.63, 3.8) is 0 Å². The van der Waals surface area contributed by atoms with E-state index < -0.39 is 0 Å². The van der Waals surface area contributed by atoms with Gasteiger partial charge in [0.15, 0.2) is 17.5 Å². The molecule has 1 heterocycles. The highest BCUT2D eigenvalue weighted by molar-refractivity contribution is 7.09. The van der Waals surface area contributed by atoms with Gasteiger partial charge in [-0.2, -0.15) is 0 Å². The lowest BCUT2D eigenvalue weighted by Crippen LogP contribution is -2.41. The smallest absolute Gasteiger partial charge is 0.191 e. The fourth-order valence-electron chi connectivity index (χ4n) is 2.02. The molecule has 0 bridgehead atoms. The molecule has 0 amide bonds. The Morgan fingerprint density at radius 1 is 1.17 bits per heavy atom. The number of rotatable bonds is 7. The number of aliphatic imine (C=N–C) groups is 1. The second-order valence-corrected chi connectivity index (χ2v) is 6.00. The summed E-state index contributed by atoms with van der Waals surface area (Å²) in [6, 6.07) is 11.8. The minimum atomic E-state index is -0.0217. The van der Waals surface area contributed by atoms with Crippen LogP contribution in [0.25, 0.3) is 0 Å². The van der Waals surface area contributed by atoms with Gasteiger partial charge < -0.3 is 20.1 Å². The van der Waals surface area contributed by atoms with Gasteiger partial charge in [0.05, 0.1) is 20.2 Å². The van der Waals surface area contributed by atoms with Gasteiger partial charge >= 0.3 is 0 Å². The minimum Gasteiger partial charge on any atom is -0.493 e. The summed E-state index contributed by atoms with van der Waals surface area (Å²) in [4.78, 5) is 5.49. The summed E-state index contributed by atoms with van der Waals surface area (Å²) in [7, 11) is 3.40. The fourth-order valence-corrected chi connectivity index (χ4v) is 2.66. The first kappa shape index (κ1) is 17.1. The third-order valence-corrected chi connectivity index (χ3v) is 4.06. The summed E-state index contributed by atoms with van der Waals surface area (Å²) in [5.41, 5.74) is 0. The standard InChI is InChI=1S/C17H23N3O2S/c1-13(22-16-9-5-4-8-15(16)21-3)11-19-17(18-2)20-12-14-7-6-10-23-14/h4-10,13H,11-12H2,1-3H3,(H2,18,19,20). The third kappa shape index (κ3) is 5.49. The van der Waals surface area contributed by atoms with E-state index in [1.807, 2.05) is 37.3 Å². The second-order valence-electron chi connectivity index (χ2n) is 4.97. The van der Waals surface area contributed by atoms with E-state index in [4.69, 9.17) is 9.47 Å². The lowest BCUT2D eigenvalue weighted by Gasteiger charge is -2.18. The summed E-state index contributed by atoms with van der Waals surface area (Å²) >= 11 is 1.72. The van der Waals surface area contributed by atoms with E-state index >= 15 is 0 Å². The molecule has 1 aromatic heterocycles. The Balaban J connectivity index is 1.79. The number of hydrogen-bond donors (Lipinski definition) is 2. The zero-order valence-electron chi connectivity index (χ0n) is 13.7. The summed E-state index contributed by atoms with van der Waals surface area (Å²) in [5.74, 6) is 2.24. The van der Waals surface area contributed by atoms with E-state index in [0.717, 1.165) is 24.0 Å². The normalized spacial score (nSPS) is 12.6. The van der Waals surface area contributed by atoms with Crippen LogP contribution in [0.1, 0.15) is 11.8 Å². The van der Waals surface area contributed by atoms with Crippen molar-refractivity contribution in [3.8, 4) is 11.5 Å². The summed E-state index contributed by atoms with van der Waals surface area (Å²) < 4.78 is 11.2. The molecule has 0 fully saturated rings. The molecule has 1 atom stereocenters. The number of nitrogens with one attached hydrogen (secondary N) is 2. The van der Waals surface area contributed by atoms with Crippen molar-refractivity contribution in [2.45, 2.75) is 19.6 Å². The van der Waals surface area contributed by atoms with Gasteiger partial charge in [-0.05, 0) is 30.5 Å². The van der Waals surface area contributed by atoms with Gasteiger partial charge in [-0.1, -0.05) is 18.2 Å². The molecule has 0 saturated heterocycles. The molecule has 23 heavy (non-hydrogen) atoms. The molecule has 0 saturated carbocycles. The number of hydrogen-bond acceptors (Lipinski definition) is 4. The molecule has 5 nitrogen and oxygen atoms in total. The first-order valence-electron chi connectivity index (χ1n) is 7.49. The Morgan fingerprint density at radius 2 is 1.96 bits per heavy atom. The van der Waals surface area contributed by atoms with Crippen LogP contribution in [-0.2, 0) is 6.54 Å². The molecule has 0 aliphatic rings. The van der Waals surface area contributed by atoms with Crippen molar-refractivity contribution in [1.29, 1.82) is 0 Å². The van der Waals surface area contributed by atoms with Crippen LogP contribution in [0.15, 0.2) is 46.8 Å². The number of benzene rings is 1. The molecule has 0 aliphatic heterocycles. The van der Waals surface area contributed by atoms with Crippen LogP contribution in [0.2, 0.25) is 0 Å². The van der Waals surface area contributed by atoms with Crippen molar-refractivity contribution in [1.82, 2.24) is 10.6 Å². The maximum Gasteiger partial charge on any atom is 0.191 e. The molecule has 2 aromatic rings. The van der Waals surface area contributed by atoms with E-state index in [1.54, 1.807) is 25.5 Å². The van der Waals surface area contributed by atoms with Crippen molar-refractivity contribution in [3.05, 3.63) is 46.7 Å². The molecule has 124 valence electrons. The first-order valence-corrected chi connectivity index (χ1v) is 8.37. The number of para-hydroxylation sites is 2. The number of nitrogens with zero attached hydrogens (tertiary/aromatic N) is 1. The average Bonchev–Trinajstić information content (AvgIpc) is 3.09. The summed E-state index contributed by atoms with van der Waals surface area (Å²) in [6.45, 7) is 3.41. The number of guanidine groups is 1. The van der Waals surface area contributed by atoms with E-state index in [1.165, 1.54) is 4.88 Å². The lowest BCUT2D eigenvalue weighted by atomic mass is 10.3. The Hall–Kier alpha value is -2.21. The van der Waals surface area contributed by atoms with Crippen LogP contribution < -0.4 is 20.1 Å². The Bertz CT molecular complexity index is 614. The zero-order valence-corrected chi connectivity index (χ0v) is 14.5. The van der Waals surface area contributed by atoms with Gasteiger partial charge in [0.2, 0.25) is 0 Å². The summed E-state index contributed by atoms with van der Waals surface area (Å²) in [6.07, 6.45) is -0.0217. The highest BCUT2D eigenvalue weighted by Crippen LogP contribution is 2.26. The van der Waals surface area contributed by atoms with E-state index in [0.29, 0.717) is 6.54 Å². The van der Waals surface area contributed by atoms with Gasteiger partial charge in [-0.3, -0.25) is 4.99 Å². The fraction of sp³-hybridized carbons (Fsp3) is 0.353. The monoisotopic (exact) mass is 333 g/mol. The summed E-state index contributed by atoms with van der Waals surface area (Å²) in [5, 5.41) is 8.62. The van der Waals surface area contributed by atoms with Crippen LogP contribution in [0.4, 0.5) is 0 Å². The largest absolute Gasteiger partial charge is 0.493 e. The molecular formula is C17H23N3O2S. The average molecular weight is 333 g/mol. The van der Waals surface area contributed by atoms with Crippen molar-refractivity contribution in [2.75, 3.05) is 20.7 Å². The third-order valence-electron chi connectivity index (χ3n) is 3.19. The van der Waals surface area contributed by atoms with E-state index in [2.05, 4.69) is 27.1 Å². The van der Waals surface area contributed by atoms with Gasteiger partial charge in [-0.15, -0.1) is 11.3 Å². The maximum atomic E-state index is 5.91. The quantitative estimate of drug-likeness (QED) is 0.604. The van der Waals surface area contributed by atoms with E-state index in [9.17, 15) is 0 Å².